The van der Waals surface area contributed by atoms with Gasteiger partial charge in [-0.3, -0.25) is 11.3 Å². The van der Waals surface area contributed by atoms with E-state index in [1.807, 2.05) is 0 Å². The number of hydrogen-bond donors (Lipinski definition) is 2. The fourth-order valence-corrected chi connectivity index (χ4v) is 3.03. The third-order valence-electron chi connectivity index (χ3n) is 4.13. The van der Waals surface area contributed by atoms with Crippen molar-refractivity contribution in [3.8, 4) is 0 Å². The zero-order chi connectivity index (χ0) is 13.1. The van der Waals surface area contributed by atoms with Gasteiger partial charge in [0.25, 0.3) is 0 Å². The maximum atomic E-state index is 13.8. The first-order valence-corrected chi connectivity index (χ1v) is 6.57. The van der Waals surface area contributed by atoms with Crippen molar-refractivity contribution in [2.45, 2.75) is 38.6 Å². The molecular weight excluding hydrogens is 234 g/mol. The Morgan fingerprint density at radius 3 is 2.78 bits per heavy atom. The van der Waals surface area contributed by atoms with Gasteiger partial charge in [-0.2, -0.15) is 0 Å². The van der Waals surface area contributed by atoms with Crippen LogP contribution in [0.5, 0.6) is 0 Å². The van der Waals surface area contributed by atoms with Crippen LogP contribution in [0, 0.1) is 23.5 Å². The average molecular weight is 254 g/mol. The summed E-state index contributed by atoms with van der Waals surface area (Å²) >= 11 is 0. The van der Waals surface area contributed by atoms with E-state index in [1.165, 1.54) is 6.07 Å². The number of benzene rings is 1. The molecule has 0 amide bonds. The van der Waals surface area contributed by atoms with Crippen molar-refractivity contribution < 1.29 is 8.78 Å². The van der Waals surface area contributed by atoms with Gasteiger partial charge in [-0.15, -0.1) is 0 Å². The van der Waals surface area contributed by atoms with Gasteiger partial charge in [-0.25, -0.2) is 8.78 Å². The fraction of sp³-hybridized carbons (Fsp3) is 0.571. The lowest BCUT2D eigenvalue weighted by molar-refractivity contribution is 0.344. The summed E-state index contributed by atoms with van der Waals surface area (Å²) in [5.74, 6) is 4.94. The SMILES string of the molecule is CCC1CCC(C(NN)c2cccc(F)c2F)C1. The normalized spacial score (nSPS) is 25.3. The number of hydrogen-bond acceptors (Lipinski definition) is 2. The topological polar surface area (TPSA) is 38.0 Å². The van der Waals surface area contributed by atoms with Crippen molar-refractivity contribution in [2.24, 2.45) is 17.7 Å². The van der Waals surface area contributed by atoms with Crippen LogP contribution in [0.1, 0.15) is 44.2 Å². The van der Waals surface area contributed by atoms with Crippen LogP contribution in [0.15, 0.2) is 18.2 Å². The molecule has 18 heavy (non-hydrogen) atoms. The minimum Gasteiger partial charge on any atom is -0.271 e. The Morgan fingerprint density at radius 1 is 1.39 bits per heavy atom. The molecule has 100 valence electrons. The number of halogens is 2. The number of nitrogens with two attached hydrogens (primary N) is 1. The summed E-state index contributed by atoms with van der Waals surface area (Å²) in [5, 5.41) is 0. The summed E-state index contributed by atoms with van der Waals surface area (Å²) in [6.45, 7) is 2.17. The molecule has 1 fully saturated rings. The fourth-order valence-electron chi connectivity index (χ4n) is 3.03. The number of hydrazine groups is 1. The molecule has 1 aliphatic carbocycles. The van der Waals surface area contributed by atoms with Crippen LogP contribution in [0.2, 0.25) is 0 Å². The van der Waals surface area contributed by atoms with E-state index in [-0.39, 0.29) is 12.0 Å². The van der Waals surface area contributed by atoms with Crippen molar-refractivity contribution in [1.29, 1.82) is 0 Å². The monoisotopic (exact) mass is 254 g/mol. The standard InChI is InChI=1S/C14H20F2N2/c1-2-9-6-7-10(8-9)14(18-17)11-4-3-5-12(15)13(11)16/h3-5,9-10,14,18H,2,6-8,17H2,1H3. The predicted octanol–water partition coefficient (Wildman–Crippen LogP) is 3.30. The Labute approximate surface area is 107 Å². The highest BCUT2D eigenvalue weighted by Gasteiger charge is 2.32. The lowest BCUT2D eigenvalue weighted by atomic mass is 9.90. The first-order valence-electron chi connectivity index (χ1n) is 6.57. The molecule has 1 aliphatic rings. The first kappa shape index (κ1) is 13.4. The van der Waals surface area contributed by atoms with Gasteiger partial charge in [0.1, 0.15) is 0 Å². The Bertz CT molecular complexity index is 409. The Morgan fingerprint density at radius 2 is 2.17 bits per heavy atom. The number of rotatable bonds is 4. The van der Waals surface area contributed by atoms with Crippen LogP contribution >= 0.6 is 0 Å². The molecule has 0 radical (unpaired) electrons. The molecule has 4 heteroatoms. The van der Waals surface area contributed by atoms with Crippen molar-refractivity contribution >= 4 is 0 Å². The molecule has 2 rings (SSSR count). The summed E-state index contributed by atoms with van der Waals surface area (Å²) in [7, 11) is 0. The second-order valence-electron chi connectivity index (χ2n) is 5.13. The highest BCUT2D eigenvalue weighted by Crippen LogP contribution is 2.40. The van der Waals surface area contributed by atoms with Gasteiger partial charge in [0, 0.05) is 5.56 Å². The molecule has 0 saturated heterocycles. The molecule has 2 nitrogen and oxygen atoms in total. The van der Waals surface area contributed by atoms with Crippen molar-refractivity contribution in [3.63, 3.8) is 0 Å². The van der Waals surface area contributed by atoms with E-state index in [1.54, 1.807) is 6.07 Å². The quantitative estimate of drug-likeness (QED) is 0.639. The maximum absolute atomic E-state index is 13.8. The van der Waals surface area contributed by atoms with Crippen LogP contribution < -0.4 is 11.3 Å². The van der Waals surface area contributed by atoms with Crippen molar-refractivity contribution in [3.05, 3.63) is 35.4 Å². The molecule has 3 atom stereocenters. The lowest BCUT2D eigenvalue weighted by Crippen LogP contribution is -2.33. The lowest BCUT2D eigenvalue weighted by Gasteiger charge is -2.24. The summed E-state index contributed by atoms with van der Waals surface area (Å²) in [4.78, 5) is 0. The van der Waals surface area contributed by atoms with Gasteiger partial charge < -0.3 is 0 Å². The summed E-state index contributed by atoms with van der Waals surface area (Å²) < 4.78 is 27.1. The minimum absolute atomic E-state index is 0.288. The smallest absolute Gasteiger partial charge is 0.163 e. The molecule has 0 aromatic heterocycles. The highest BCUT2D eigenvalue weighted by molar-refractivity contribution is 5.23. The van der Waals surface area contributed by atoms with Crippen molar-refractivity contribution in [2.75, 3.05) is 0 Å². The van der Waals surface area contributed by atoms with Crippen molar-refractivity contribution in [1.82, 2.24) is 5.43 Å². The minimum atomic E-state index is -0.808. The van der Waals surface area contributed by atoms with Gasteiger partial charge in [-0.05, 0) is 30.7 Å². The van der Waals surface area contributed by atoms with Crippen LogP contribution in [0.3, 0.4) is 0 Å². The third kappa shape index (κ3) is 2.54. The second kappa shape index (κ2) is 5.76. The maximum Gasteiger partial charge on any atom is 0.163 e. The largest absolute Gasteiger partial charge is 0.271 e. The van der Waals surface area contributed by atoms with E-state index in [4.69, 9.17) is 5.84 Å². The molecule has 0 spiro atoms. The molecule has 1 saturated carbocycles. The van der Waals surface area contributed by atoms with Gasteiger partial charge in [0.15, 0.2) is 11.6 Å². The Kier molecular flexibility index (Phi) is 4.30. The van der Waals surface area contributed by atoms with E-state index in [0.717, 1.165) is 31.7 Å². The Balaban J connectivity index is 2.21. The van der Waals surface area contributed by atoms with E-state index in [2.05, 4.69) is 12.3 Å². The summed E-state index contributed by atoms with van der Waals surface area (Å²) in [6, 6.07) is 3.99. The number of nitrogens with one attached hydrogen (secondary N) is 1. The van der Waals surface area contributed by atoms with E-state index in [0.29, 0.717) is 11.5 Å². The Hall–Kier alpha value is -1.00. The van der Waals surface area contributed by atoms with Crippen LogP contribution in [0.25, 0.3) is 0 Å². The van der Waals surface area contributed by atoms with E-state index < -0.39 is 11.6 Å². The zero-order valence-electron chi connectivity index (χ0n) is 10.6. The van der Waals surface area contributed by atoms with Gasteiger partial charge in [0.05, 0.1) is 6.04 Å². The molecule has 0 aliphatic heterocycles. The molecule has 1 aromatic rings. The summed E-state index contributed by atoms with van der Waals surface area (Å²) in [5.41, 5.74) is 3.01. The molecule has 1 aromatic carbocycles. The zero-order valence-corrected chi connectivity index (χ0v) is 10.6. The van der Waals surface area contributed by atoms with Crippen LogP contribution in [0.4, 0.5) is 8.78 Å². The van der Waals surface area contributed by atoms with Crippen LogP contribution in [-0.2, 0) is 0 Å². The second-order valence-corrected chi connectivity index (χ2v) is 5.13. The average Bonchev–Trinajstić information content (AvgIpc) is 2.84. The first-order chi connectivity index (χ1) is 8.67. The molecule has 3 unspecified atom stereocenters. The van der Waals surface area contributed by atoms with Gasteiger partial charge in [0.2, 0.25) is 0 Å². The van der Waals surface area contributed by atoms with E-state index in [9.17, 15) is 8.78 Å². The van der Waals surface area contributed by atoms with Gasteiger partial charge in [-0.1, -0.05) is 31.9 Å². The predicted molar refractivity (Wildman–Crippen MR) is 67.5 cm³/mol. The molecule has 3 N–H and O–H groups in total. The third-order valence-corrected chi connectivity index (χ3v) is 4.13. The van der Waals surface area contributed by atoms with Gasteiger partial charge >= 0.3 is 0 Å². The van der Waals surface area contributed by atoms with E-state index >= 15 is 0 Å². The van der Waals surface area contributed by atoms with Crippen LogP contribution in [-0.4, -0.2) is 0 Å². The summed E-state index contributed by atoms with van der Waals surface area (Å²) in [6.07, 6.45) is 4.33. The molecular formula is C14H20F2N2. The molecule has 0 heterocycles. The molecule has 0 bridgehead atoms. The highest BCUT2D eigenvalue weighted by atomic mass is 19.2.